The maximum absolute atomic E-state index is 11.5. The largest absolute Gasteiger partial charge is 0.497 e. The van der Waals surface area contributed by atoms with Crippen molar-refractivity contribution in [3.8, 4) is 5.75 Å². The highest BCUT2D eigenvalue weighted by atomic mass is 16.5. The molecular weight excluding hydrogens is 230 g/mol. The summed E-state index contributed by atoms with van der Waals surface area (Å²) in [6, 6.07) is 7.56. The molecule has 0 saturated heterocycles. The van der Waals surface area contributed by atoms with Crippen molar-refractivity contribution in [2.75, 3.05) is 13.7 Å². The third-order valence-electron chi connectivity index (χ3n) is 4.07. The Morgan fingerprint density at radius 1 is 1.56 bits per heavy atom. The van der Waals surface area contributed by atoms with Crippen LogP contribution in [0.4, 0.5) is 0 Å². The number of methoxy groups -OCH3 is 1. The molecule has 1 atom stereocenters. The second kappa shape index (κ2) is 4.98. The number of carbonyl (C=O) groups is 1. The predicted molar refractivity (Wildman–Crippen MR) is 68.7 cm³/mol. The van der Waals surface area contributed by atoms with Crippen LogP contribution in [-0.4, -0.2) is 24.7 Å². The first-order valence-electron chi connectivity index (χ1n) is 6.21. The van der Waals surface area contributed by atoms with Crippen LogP contribution in [0.1, 0.15) is 30.7 Å². The molecule has 0 amide bonds. The molecule has 1 aromatic carbocycles. The topological polar surface area (TPSA) is 72.5 Å². The van der Waals surface area contributed by atoms with Crippen LogP contribution in [-0.2, 0) is 4.79 Å². The van der Waals surface area contributed by atoms with Gasteiger partial charge in [-0.05, 0) is 30.5 Å². The van der Waals surface area contributed by atoms with Gasteiger partial charge in [0.25, 0.3) is 0 Å². The van der Waals surface area contributed by atoms with Gasteiger partial charge >= 0.3 is 5.97 Å². The molecule has 98 valence electrons. The van der Waals surface area contributed by atoms with Crippen molar-refractivity contribution < 1.29 is 14.6 Å². The lowest BCUT2D eigenvalue weighted by Gasteiger charge is -2.44. The van der Waals surface area contributed by atoms with Crippen molar-refractivity contribution in [2.24, 2.45) is 11.1 Å². The Bertz CT molecular complexity index is 440. The van der Waals surface area contributed by atoms with Gasteiger partial charge in [-0.15, -0.1) is 0 Å². The van der Waals surface area contributed by atoms with Crippen molar-refractivity contribution in [2.45, 2.75) is 25.2 Å². The monoisotopic (exact) mass is 249 g/mol. The van der Waals surface area contributed by atoms with E-state index in [1.807, 2.05) is 24.3 Å². The Morgan fingerprint density at radius 3 is 2.72 bits per heavy atom. The van der Waals surface area contributed by atoms with E-state index >= 15 is 0 Å². The minimum Gasteiger partial charge on any atom is -0.497 e. The number of rotatable bonds is 5. The van der Waals surface area contributed by atoms with Crippen molar-refractivity contribution >= 4 is 5.97 Å². The highest BCUT2D eigenvalue weighted by Crippen LogP contribution is 2.51. The van der Waals surface area contributed by atoms with E-state index in [0.29, 0.717) is 19.4 Å². The van der Waals surface area contributed by atoms with Gasteiger partial charge in [-0.3, -0.25) is 4.79 Å². The molecule has 4 heteroatoms. The number of aliphatic carboxylic acids is 1. The first kappa shape index (κ1) is 12.9. The lowest BCUT2D eigenvalue weighted by molar-refractivity contribution is -0.156. The molecule has 1 saturated carbocycles. The summed E-state index contributed by atoms with van der Waals surface area (Å²) in [6.45, 7) is 0.347. The minimum absolute atomic E-state index is 0.140. The third kappa shape index (κ3) is 1.97. The first-order chi connectivity index (χ1) is 8.64. The zero-order chi connectivity index (χ0) is 13.2. The smallest absolute Gasteiger partial charge is 0.310 e. The molecule has 1 aliphatic rings. The van der Waals surface area contributed by atoms with Gasteiger partial charge in [0.05, 0.1) is 12.5 Å². The molecule has 0 radical (unpaired) electrons. The summed E-state index contributed by atoms with van der Waals surface area (Å²) in [5.74, 6) is -0.128. The minimum atomic E-state index is -0.730. The van der Waals surface area contributed by atoms with Crippen LogP contribution in [0.5, 0.6) is 5.75 Å². The predicted octanol–water partition coefficient (Wildman–Crippen LogP) is 1.99. The lowest BCUT2D eigenvalue weighted by atomic mass is 9.59. The van der Waals surface area contributed by atoms with Crippen LogP contribution in [0.3, 0.4) is 0 Å². The molecular formula is C14H19NO3. The van der Waals surface area contributed by atoms with Gasteiger partial charge in [-0.1, -0.05) is 18.6 Å². The zero-order valence-electron chi connectivity index (χ0n) is 10.6. The summed E-state index contributed by atoms with van der Waals surface area (Å²) >= 11 is 0. The van der Waals surface area contributed by atoms with Gasteiger partial charge in [0.2, 0.25) is 0 Å². The number of nitrogens with two attached hydrogens (primary N) is 1. The van der Waals surface area contributed by atoms with Crippen LogP contribution in [0.25, 0.3) is 0 Å². The van der Waals surface area contributed by atoms with Gasteiger partial charge in [-0.25, -0.2) is 0 Å². The number of hydrogen-bond acceptors (Lipinski definition) is 3. The van der Waals surface area contributed by atoms with E-state index in [9.17, 15) is 9.90 Å². The van der Waals surface area contributed by atoms with E-state index in [2.05, 4.69) is 0 Å². The Kier molecular flexibility index (Phi) is 3.57. The van der Waals surface area contributed by atoms with Gasteiger partial charge in [-0.2, -0.15) is 0 Å². The summed E-state index contributed by atoms with van der Waals surface area (Å²) in [7, 11) is 1.60. The van der Waals surface area contributed by atoms with Crippen molar-refractivity contribution in [3.05, 3.63) is 29.8 Å². The molecule has 3 N–H and O–H groups in total. The van der Waals surface area contributed by atoms with E-state index < -0.39 is 11.4 Å². The highest BCUT2D eigenvalue weighted by Gasteiger charge is 2.50. The molecule has 0 aliphatic heterocycles. The van der Waals surface area contributed by atoms with Crippen LogP contribution < -0.4 is 10.5 Å². The molecule has 1 aromatic rings. The third-order valence-corrected chi connectivity index (χ3v) is 4.07. The van der Waals surface area contributed by atoms with Crippen LogP contribution in [0, 0.1) is 5.41 Å². The van der Waals surface area contributed by atoms with E-state index in [1.165, 1.54) is 0 Å². The maximum Gasteiger partial charge on any atom is 0.310 e. The molecule has 0 aromatic heterocycles. The average molecular weight is 249 g/mol. The second-order valence-electron chi connectivity index (χ2n) is 4.88. The molecule has 2 rings (SSSR count). The number of benzene rings is 1. The highest BCUT2D eigenvalue weighted by molar-refractivity contribution is 5.77. The number of carboxylic acids is 1. The van der Waals surface area contributed by atoms with E-state index in [4.69, 9.17) is 10.5 Å². The fourth-order valence-electron chi connectivity index (χ4n) is 2.81. The van der Waals surface area contributed by atoms with Gasteiger partial charge in [0, 0.05) is 12.5 Å². The van der Waals surface area contributed by atoms with Crippen LogP contribution in [0.2, 0.25) is 0 Å². The van der Waals surface area contributed by atoms with Gasteiger partial charge in [0.1, 0.15) is 5.75 Å². The van der Waals surface area contributed by atoms with E-state index in [-0.39, 0.29) is 5.92 Å². The Morgan fingerprint density at radius 2 is 2.28 bits per heavy atom. The fourth-order valence-corrected chi connectivity index (χ4v) is 2.81. The molecule has 18 heavy (non-hydrogen) atoms. The standard InChI is InChI=1S/C14H19NO3/c1-18-11-5-2-4-10(8-11)12(9-15)14(13(16)17)6-3-7-14/h2,4-5,8,12H,3,6-7,9,15H2,1H3,(H,16,17). The van der Waals surface area contributed by atoms with E-state index in [0.717, 1.165) is 17.7 Å². The summed E-state index contributed by atoms with van der Waals surface area (Å²) in [6.07, 6.45) is 2.38. The summed E-state index contributed by atoms with van der Waals surface area (Å²) in [5.41, 5.74) is 6.10. The van der Waals surface area contributed by atoms with Crippen molar-refractivity contribution in [1.82, 2.24) is 0 Å². The van der Waals surface area contributed by atoms with Crippen LogP contribution >= 0.6 is 0 Å². The Labute approximate surface area is 107 Å². The van der Waals surface area contributed by atoms with Crippen molar-refractivity contribution in [3.63, 3.8) is 0 Å². The average Bonchev–Trinajstić information content (AvgIpc) is 2.33. The summed E-state index contributed by atoms with van der Waals surface area (Å²) in [5, 5.41) is 9.49. The molecule has 0 heterocycles. The lowest BCUT2D eigenvalue weighted by Crippen LogP contribution is -2.45. The molecule has 1 aliphatic carbocycles. The molecule has 4 nitrogen and oxygen atoms in total. The Hall–Kier alpha value is -1.55. The summed E-state index contributed by atoms with van der Waals surface area (Å²) < 4.78 is 5.19. The molecule has 1 fully saturated rings. The number of ether oxygens (including phenoxy) is 1. The normalized spacial score (nSPS) is 18.8. The van der Waals surface area contributed by atoms with Gasteiger partial charge < -0.3 is 15.6 Å². The van der Waals surface area contributed by atoms with Crippen LogP contribution in [0.15, 0.2) is 24.3 Å². The molecule has 1 unspecified atom stereocenters. The SMILES string of the molecule is COc1cccc(C(CN)C2(C(=O)O)CCC2)c1. The zero-order valence-corrected chi connectivity index (χ0v) is 10.6. The molecule has 0 bridgehead atoms. The first-order valence-corrected chi connectivity index (χ1v) is 6.21. The van der Waals surface area contributed by atoms with Crippen molar-refractivity contribution in [1.29, 1.82) is 0 Å². The van der Waals surface area contributed by atoms with E-state index in [1.54, 1.807) is 7.11 Å². The fraction of sp³-hybridized carbons (Fsp3) is 0.500. The summed E-state index contributed by atoms with van der Waals surface area (Å²) in [4.78, 5) is 11.5. The number of hydrogen-bond donors (Lipinski definition) is 2. The maximum atomic E-state index is 11.5. The van der Waals surface area contributed by atoms with Gasteiger partial charge in [0.15, 0.2) is 0 Å². The second-order valence-corrected chi connectivity index (χ2v) is 4.88. The quantitative estimate of drug-likeness (QED) is 0.837. The number of carboxylic acid groups (broad SMARTS) is 1. The molecule has 0 spiro atoms. The Balaban J connectivity index is 2.35.